The molecule has 0 fully saturated rings. The Morgan fingerprint density at radius 1 is 1.12 bits per heavy atom. The lowest BCUT2D eigenvalue weighted by Gasteiger charge is -2.18. The Kier molecular flexibility index (Phi) is 4.94. The summed E-state index contributed by atoms with van der Waals surface area (Å²) in [6.07, 6.45) is 0. The molecule has 2 amide bonds. The van der Waals surface area contributed by atoms with Crippen LogP contribution in [0, 0.1) is 6.92 Å². The molecule has 0 saturated heterocycles. The van der Waals surface area contributed by atoms with Crippen molar-refractivity contribution in [3.05, 3.63) is 71.9 Å². The third-order valence-corrected chi connectivity index (χ3v) is 3.56. The van der Waals surface area contributed by atoms with Crippen molar-refractivity contribution >= 4 is 11.7 Å². The van der Waals surface area contributed by atoms with Gasteiger partial charge in [0.1, 0.15) is 11.8 Å². The van der Waals surface area contributed by atoms with Gasteiger partial charge in [-0.25, -0.2) is 4.79 Å². The molecule has 3 rings (SSSR count). The molecule has 0 spiro atoms. The fourth-order valence-corrected chi connectivity index (χ4v) is 2.44. The molecule has 7 heteroatoms. The number of rotatable bonds is 5. The predicted octanol–water partition coefficient (Wildman–Crippen LogP) is 3.30. The first kappa shape index (κ1) is 16.5. The molecule has 0 aliphatic heterocycles. The zero-order chi connectivity index (χ0) is 17.6. The minimum atomic E-state index is -0.614. The summed E-state index contributed by atoms with van der Waals surface area (Å²) in [7, 11) is 1.57. The van der Waals surface area contributed by atoms with Crippen molar-refractivity contribution in [1.82, 2.24) is 15.5 Å². The average Bonchev–Trinajstić information content (AvgIpc) is 3.06. The highest BCUT2D eigenvalue weighted by atomic mass is 16.5. The van der Waals surface area contributed by atoms with Gasteiger partial charge in [-0.2, -0.15) is 4.98 Å². The largest absolute Gasteiger partial charge is 0.496 e. The van der Waals surface area contributed by atoms with Crippen LogP contribution in [0.3, 0.4) is 0 Å². The van der Waals surface area contributed by atoms with E-state index in [9.17, 15) is 4.79 Å². The van der Waals surface area contributed by atoms with E-state index < -0.39 is 6.04 Å². The van der Waals surface area contributed by atoms with E-state index in [0.29, 0.717) is 23.2 Å². The van der Waals surface area contributed by atoms with Gasteiger partial charge in [0, 0.05) is 18.2 Å². The Labute approximate surface area is 145 Å². The molecule has 2 N–H and O–H groups in total. The topological polar surface area (TPSA) is 89.3 Å². The third kappa shape index (κ3) is 3.95. The molecule has 2 aromatic carbocycles. The number of aromatic nitrogens is 2. The van der Waals surface area contributed by atoms with Crippen LogP contribution in [0.4, 0.5) is 10.5 Å². The smallest absolute Gasteiger partial charge is 0.320 e. The molecule has 128 valence electrons. The zero-order valence-corrected chi connectivity index (χ0v) is 13.9. The van der Waals surface area contributed by atoms with Gasteiger partial charge in [0.2, 0.25) is 5.89 Å². The molecule has 25 heavy (non-hydrogen) atoms. The van der Waals surface area contributed by atoms with Crippen LogP contribution in [0.5, 0.6) is 5.75 Å². The molecule has 3 aromatic rings. The summed E-state index contributed by atoms with van der Waals surface area (Å²) in [5.41, 5.74) is 1.41. The Morgan fingerprint density at radius 3 is 2.52 bits per heavy atom. The summed E-state index contributed by atoms with van der Waals surface area (Å²) < 4.78 is 10.5. The van der Waals surface area contributed by atoms with Crippen LogP contribution in [0.15, 0.2) is 59.1 Å². The van der Waals surface area contributed by atoms with E-state index in [4.69, 9.17) is 9.26 Å². The maximum atomic E-state index is 12.4. The number of carbonyl (C=O) groups is 1. The Bertz CT molecular complexity index is 848. The second-order valence-electron chi connectivity index (χ2n) is 5.31. The van der Waals surface area contributed by atoms with E-state index >= 15 is 0 Å². The minimum Gasteiger partial charge on any atom is -0.496 e. The van der Waals surface area contributed by atoms with Gasteiger partial charge in [0.15, 0.2) is 5.82 Å². The number of nitrogens with zero attached hydrogens (tertiary/aromatic N) is 2. The number of methoxy groups -OCH3 is 1. The number of para-hydroxylation sites is 2. The first-order valence-corrected chi connectivity index (χ1v) is 7.73. The number of urea groups is 1. The molecular formula is C18H18N4O3. The molecule has 1 heterocycles. The fraction of sp³-hybridized carbons (Fsp3) is 0.167. The van der Waals surface area contributed by atoms with E-state index in [1.165, 1.54) is 0 Å². The highest BCUT2D eigenvalue weighted by Crippen LogP contribution is 2.28. The summed E-state index contributed by atoms with van der Waals surface area (Å²) in [6, 6.07) is 15.5. The normalized spacial score (nSPS) is 11.6. The van der Waals surface area contributed by atoms with Crippen LogP contribution in [0.25, 0.3) is 0 Å². The van der Waals surface area contributed by atoms with Crippen LogP contribution in [0.1, 0.15) is 23.3 Å². The quantitative estimate of drug-likeness (QED) is 0.745. The van der Waals surface area contributed by atoms with Crippen molar-refractivity contribution in [2.45, 2.75) is 13.0 Å². The number of aryl methyl sites for hydroxylation is 1. The van der Waals surface area contributed by atoms with Crippen molar-refractivity contribution in [2.75, 3.05) is 12.4 Å². The number of ether oxygens (including phenoxy) is 1. The average molecular weight is 338 g/mol. The van der Waals surface area contributed by atoms with Gasteiger partial charge in [0.05, 0.1) is 7.11 Å². The Hall–Kier alpha value is -3.35. The summed E-state index contributed by atoms with van der Waals surface area (Å²) in [5, 5.41) is 9.59. The summed E-state index contributed by atoms with van der Waals surface area (Å²) in [5.74, 6) is 1.39. The van der Waals surface area contributed by atoms with Crippen molar-refractivity contribution in [1.29, 1.82) is 0 Å². The number of nitrogens with one attached hydrogen (secondary N) is 2. The molecule has 0 saturated carbocycles. The maximum absolute atomic E-state index is 12.4. The maximum Gasteiger partial charge on any atom is 0.320 e. The second-order valence-corrected chi connectivity index (χ2v) is 5.31. The third-order valence-electron chi connectivity index (χ3n) is 3.56. The number of hydrogen-bond acceptors (Lipinski definition) is 5. The lowest BCUT2D eigenvalue weighted by molar-refractivity contribution is 0.249. The standard InChI is InChI=1S/C18H18N4O3/c1-12-19-17(22-25-12)16(14-10-6-7-11-15(14)24-2)21-18(23)20-13-8-4-3-5-9-13/h3-11,16H,1-2H3,(H2,20,21,23)/t16-/m0/s1. The summed E-state index contributed by atoms with van der Waals surface area (Å²) in [6.45, 7) is 1.69. The number of amides is 2. The summed E-state index contributed by atoms with van der Waals surface area (Å²) in [4.78, 5) is 16.7. The first-order chi connectivity index (χ1) is 12.2. The molecule has 1 aromatic heterocycles. The molecular weight excluding hydrogens is 320 g/mol. The molecule has 0 unspecified atom stereocenters. The highest BCUT2D eigenvalue weighted by molar-refractivity contribution is 5.89. The van der Waals surface area contributed by atoms with Crippen LogP contribution in [-0.4, -0.2) is 23.3 Å². The lowest BCUT2D eigenvalue weighted by Crippen LogP contribution is -2.34. The lowest BCUT2D eigenvalue weighted by atomic mass is 10.1. The molecule has 0 aliphatic carbocycles. The molecule has 0 radical (unpaired) electrons. The minimum absolute atomic E-state index is 0.352. The van der Waals surface area contributed by atoms with Crippen molar-refractivity contribution in [3.63, 3.8) is 0 Å². The Morgan fingerprint density at radius 2 is 1.84 bits per heavy atom. The van der Waals surface area contributed by atoms with Gasteiger partial charge < -0.3 is 19.9 Å². The van der Waals surface area contributed by atoms with E-state index in [1.807, 2.05) is 42.5 Å². The van der Waals surface area contributed by atoms with Crippen molar-refractivity contribution < 1.29 is 14.1 Å². The monoisotopic (exact) mass is 338 g/mol. The molecule has 1 atom stereocenters. The van der Waals surface area contributed by atoms with Crippen molar-refractivity contribution in [2.24, 2.45) is 0 Å². The highest BCUT2D eigenvalue weighted by Gasteiger charge is 2.25. The summed E-state index contributed by atoms with van der Waals surface area (Å²) >= 11 is 0. The van der Waals surface area contributed by atoms with E-state index in [1.54, 1.807) is 26.2 Å². The van der Waals surface area contributed by atoms with Crippen LogP contribution < -0.4 is 15.4 Å². The van der Waals surface area contributed by atoms with Gasteiger partial charge in [-0.1, -0.05) is 41.6 Å². The number of benzene rings is 2. The fourth-order valence-electron chi connectivity index (χ4n) is 2.44. The van der Waals surface area contributed by atoms with Crippen molar-refractivity contribution in [3.8, 4) is 5.75 Å². The van der Waals surface area contributed by atoms with Gasteiger partial charge in [-0.3, -0.25) is 0 Å². The Balaban J connectivity index is 1.88. The van der Waals surface area contributed by atoms with Gasteiger partial charge in [-0.05, 0) is 18.2 Å². The molecule has 7 nitrogen and oxygen atoms in total. The number of anilines is 1. The van der Waals surface area contributed by atoms with Crippen LogP contribution in [0.2, 0.25) is 0 Å². The van der Waals surface area contributed by atoms with Crippen LogP contribution >= 0.6 is 0 Å². The zero-order valence-electron chi connectivity index (χ0n) is 13.9. The molecule has 0 bridgehead atoms. The van der Waals surface area contributed by atoms with Gasteiger partial charge >= 0.3 is 6.03 Å². The first-order valence-electron chi connectivity index (χ1n) is 7.73. The molecule has 0 aliphatic rings. The van der Waals surface area contributed by atoms with E-state index in [2.05, 4.69) is 20.8 Å². The van der Waals surface area contributed by atoms with E-state index in [0.717, 1.165) is 5.56 Å². The number of carbonyl (C=O) groups excluding carboxylic acids is 1. The second kappa shape index (κ2) is 7.48. The predicted molar refractivity (Wildman–Crippen MR) is 92.5 cm³/mol. The SMILES string of the molecule is COc1ccccc1[C@H](NC(=O)Nc1ccccc1)c1noc(C)n1. The van der Waals surface area contributed by atoms with Gasteiger partial charge in [-0.15, -0.1) is 0 Å². The van der Waals surface area contributed by atoms with Crippen LogP contribution in [-0.2, 0) is 0 Å². The van der Waals surface area contributed by atoms with E-state index in [-0.39, 0.29) is 6.03 Å². The number of hydrogen-bond donors (Lipinski definition) is 2. The van der Waals surface area contributed by atoms with Gasteiger partial charge in [0.25, 0.3) is 0 Å².